The van der Waals surface area contributed by atoms with Crippen LogP contribution in [-0.2, 0) is 4.74 Å². The molecule has 2 unspecified atom stereocenters. The molecule has 2 aliphatic rings. The first kappa shape index (κ1) is 24.3. The molecule has 1 heterocycles. The lowest BCUT2D eigenvalue weighted by atomic mass is 10.0. The third kappa shape index (κ3) is 9.32. The third-order valence-corrected chi connectivity index (χ3v) is 5.34. The monoisotopic (exact) mass is 495 g/mol. The van der Waals surface area contributed by atoms with Crippen molar-refractivity contribution in [1.82, 2.24) is 20.9 Å². The molecule has 0 bridgehead atoms. The molecule has 8 heteroatoms. The van der Waals surface area contributed by atoms with Crippen molar-refractivity contribution in [3.8, 4) is 0 Å². The average Bonchev–Trinajstić information content (AvgIpc) is 3.46. The summed E-state index contributed by atoms with van der Waals surface area (Å²) in [5.41, 5.74) is 0. The van der Waals surface area contributed by atoms with Crippen LogP contribution in [-0.4, -0.2) is 68.9 Å². The molecule has 7 nitrogen and oxygen atoms in total. The minimum atomic E-state index is -0.329. The van der Waals surface area contributed by atoms with Gasteiger partial charge < -0.3 is 25.6 Å². The number of amides is 1. The van der Waals surface area contributed by atoms with Gasteiger partial charge in [0.15, 0.2) is 5.96 Å². The minimum absolute atomic E-state index is 0. The van der Waals surface area contributed by atoms with Gasteiger partial charge in [-0.25, -0.2) is 4.79 Å². The quantitative estimate of drug-likeness (QED) is 0.198. The van der Waals surface area contributed by atoms with Crippen molar-refractivity contribution in [2.45, 2.75) is 64.5 Å². The zero-order valence-electron chi connectivity index (χ0n) is 17.1. The molecule has 0 spiro atoms. The molecular weight excluding hydrogens is 457 g/mol. The van der Waals surface area contributed by atoms with Crippen LogP contribution < -0.4 is 16.0 Å². The number of nitrogens with one attached hydrogen (secondary N) is 3. The van der Waals surface area contributed by atoms with Crippen molar-refractivity contribution < 1.29 is 9.53 Å². The van der Waals surface area contributed by atoms with Crippen molar-refractivity contribution in [3.05, 3.63) is 0 Å². The van der Waals surface area contributed by atoms with Crippen molar-refractivity contribution in [2.75, 3.05) is 39.8 Å². The Morgan fingerprint density at radius 2 is 2.04 bits per heavy atom. The molecule has 0 radical (unpaired) electrons. The van der Waals surface area contributed by atoms with E-state index in [0.29, 0.717) is 19.1 Å². The fraction of sp³-hybridized carbons (Fsp3) is 0.895. The molecule has 2 atom stereocenters. The van der Waals surface area contributed by atoms with E-state index in [0.717, 1.165) is 31.5 Å². The van der Waals surface area contributed by atoms with E-state index < -0.39 is 0 Å². The number of hydrogen-bond acceptors (Lipinski definition) is 4. The number of halogens is 1. The smallest absolute Gasteiger partial charge is 0.407 e. The van der Waals surface area contributed by atoms with Gasteiger partial charge >= 0.3 is 6.09 Å². The van der Waals surface area contributed by atoms with E-state index in [-0.39, 0.29) is 36.1 Å². The first-order valence-electron chi connectivity index (χ1n) is 10.3. The van der Waals surface area contributed by atoms with Gasteiger partial charge in [-0.1, -0.05) is 6.42 Å². The van der Waals surface area contributed by atoms with Crippen LogP contribution in [0.15, 0.2) is 4.99 Å². The van der Waals surface area contributed by atoms with E-state index >= 15 is 0 Å². The van der Waals surface area contributed by atoms with Crippen LogP contribution in [0.2, 0.25) is 0 Å². The van der Waals surface area contributed by atoms with Gasteiger partial charge in [0.1, 0.15) is 0 Å². The van der Waals surface area contributed by atoms with E-state index in [1.165, 1.54) is 38.6 Å². The first-order chi connectivity index (χ1) is 12.6. The maximum absolute atomic E-state index is 11.7. The molecule has 1 aliphatic carbocycles. The molecule has 0 aromatic carbocycles. The van der Waals surface area contributed by atoms with Gasteiger partial charge in [0.25, 0.3) is 0 Å². The molecule has 3 N–H and O–H groups in total. The van der Waals surface area contributed by atoms with Gasteiger partial charge in [-0.3, -0.25) is 4.99 Å². The molecule has 1 amide bonds. The maximum atomic E-state index is 11.7. The number of likely N-dealkylation sites (tertiary alicyclic amines) is 1. The van der Waals surface area contributed by atoms with Crippen molar-refractivity contribution >= 4 is 36.0 Å². The Hall–Kier alpha value is -0.770. The lowest BCUT2D eigenvalue weighted by molar-refractivity contribution is 0.146. The van der Waals surface area contributed by atoms with Crippen LogP contribution in [0.4, 0.5) is 4.79 Å². The fourth-order valence-electron chi connectivity index (χ4n) is 3.56. The molecule has 1 saturated heterocycles. The summed E-state index contributed by atoms with van der Waals surface area (Å²) in [6, 6.07) is 0.816. The minimum Gasteiger partial charge on any atom is -0.450 e. The Bertz CT molecular complexity index is 459. The average molecular weight is 495 g/mol. The van der Waals surface area contributed by atoms with Crippen LogP contribution in [0.25, 0.3) is 0 Å². The van der Waals surface area contributed by atoms with E-state index in [4.69, 9.17) is 4.74 Å². The number of aliphatic imine (C=N–C) groups is 1. The van der Waals surface area contributed by atoms with E-state index in [9.17, 15) is 4.79 Å². The second-order valence-corrected chi connectivity index (χ2v) is 7.42. The highest BCUT2D eigenvalue weighted by Gasteiger charge is 2.32. The normalized spacial score (nSPS) is 21.7. The number of carbonyl (C=O) groups excluding carboxylic acids is 1. The molecule has 1 aliphatic heterocycles. The third-order valence-electron chi connectivity index (χ3n) is 5.34. The number of hydrogen-bond donors (Lipinski definition) is 3. The Balaban J connectivity index is 0.00000364. The summed E-state index contributed by atoms with van der Waals surface area (Å²) in [5, 5.41) is 9.69. The number of rotatable bonds is 9. The Kier molecular flexibility index (Phi) is 12.1. The van der Waals surface area contributed by atoms with Crippen LogP contribution in [0.1, 0.15) is 52.4 Å². The Morgan fingerprint density at radius 3 is 2.67 bits per heavy atom. The van der Waals surface area contributed by atoms with E-state index in [1.807, 2.05) is 6.92 Å². The largest absolute Gasteiger partial charge is 0.450 e. The van der Waals surface area contributed by atoms with Crippen molar-refractivity contribution in [1.29, 1.82) is 0 Å². The number of ether oxygens (including phenoxy) is 1. The number of alkyl carbamates (subject to hydrolysis) is 1. The van der Waals surface area contributed by atoms with E-state index in [2.05, 4.69) is 32.8 Å². The van der Waals surface area contributed by atoms with Crippen LogP contribution in [0.3, 0.4) is 0 Å². The highest BCUT2D eigenvalue weighted by molar-refractivity contribution is 14.0. The van der Waals surface area contributed by atoms with Crippen molar-refractivity contribution in [2.24, 2.45) is 10.9 Å². The van der Waals surface area contributed by atoms with Gasteiger partial charge in [0, 0.05) is 32.7 Å². The predicted octanol–water partition coefficient (Wildman–Crippen LogP) is 2.56. The summed E-state index contributed by atoms with van der Waals surface area (Å²) >= 11 is 0. The van der Waals surface area contributed by atoms with Crippen molar-refractivity contribution in [3.63, 3.8) is 0 Å². The van der Waals surface area contributed by atoms with Crippen LogP contribution >= 0.6 is 24.0 Å². The second-order valence-electron chi connectivity index (χ2n) is 7.42. The SMILES string of the molecule is CCOC(=O)NC(CNC(=NC)NCCCN1CCCCC1C)C1CC1.I. The number of piperidine rings is 1. The predicted molar refractivity (Wildman–Crippen MR) is 121 cm³/mol. The summed E-state index contributed by atoms with van der Waals surface area (Å²) in [6.45, 7) is 8.50. The molecule has 2 fully saturated rings. The summed E-state index contributed by atoms with van der Waals surface area (Å²) in [5.74, 6) is 1.35. The number of carbonyl (C=O) groups is 1. The molecule has 1 saturated carbocycles. The standard InChI is InChI=1S/C19H37N5O2.HI/c1-4-26-19(25)23-17(16-9-10-16)14-22-18(20-3)21-11-7-13-24-12-6-5-8-15(24)2;/h15-17H,4-14H2,1-3H3,(H,23,25)(H2,20,21,22);1H. The molecule has 158 valence electrons. The fourth-order valence-corrected chi connectivity index (χ4v) is 3.56. The zero-order chi connectivity index (χ0) is 18.8. The molecule has 2 rings (SSSR count). The molecular formula is C19H38IN5O2. The Morgan fingerprint density at radius 1 is 1.26 bits per heavy atom. The lowest BCUT2D eigenvalue weighted by Gasteiger charge is -2.33. The summed E-state index contributed by atoms with van der Waals surface area (Å²) in [4.78, 5) is 18.6. The Labute approximate surface area is 181 Å². The maximum Gasteiger partial charge on any atom is 0.407 e. The summed E-state index contributed by atoms with van der Waals surface area (Å²) < 4.78 is 5.00. The first-order valence-corrected chi connectivity index (χ1v) is 10.3. The molecule has 0 aromatic heterocycles. The van der Waals surface area contributed by atoms with Gasteiger partial charge in [0.2, 0.25) is 0 Å². The van der Waals surface area contributed by atoms with Gasteiger partial charge in [-0.2, -0.15) is 0 Å². The molecule has 27 heavy (non-hydrogen) atoms. The summed E-state index contributed by atoms with van der Waals surface area (Å²) in [6.07, 6.45) is 7.14. The topological polar surface area (TPSA) is 78.0 Å². The van der Waals surface area contributed by atoms with Gasteiger partial charge in [0.05, 0.1) is 12.6 Å². The van der Waals surface area contributed by atoms with Crippen LogP contribution in [0.5, 0.6) is 0 Å². The van der Waals surface area contributed by atoms with Crippen LogP contribution in [0, 0.1) is 5.92 Å². The van der Waals surface area contributed by atoms with Gasteiger partial charge in [-0.05, 0) is 58.4 Å². The molecule has 0 aromatic rings. The second kappa shape index (κ2) is 13.4. The highest BCUT2D eigenvalue weighted by Crippen LogP contribution is 2.32. The lowest BCUT2D eigenvalue weighted by Crippen LogP contribution is -2.48. The number of nitrogens with zero attached hydrogens (tertiary/aromatic N) is 2. The zero-order valence-corrected chi connectivity index (χ0v) is 19.5. The van der Waals surface area contributed by atoms with Gasteiger partial charge in [-0.15, -0.1) is 24.0 Å². The number of guanidine groups is 1. The highest BCUT2D eigenvalue weighted by atomic mass is 127. The van der Waals surface area contributed by atoms with E-state index in [1.54, 1.807) is 7.05 Å². The summed E-state index contributed by atoms with van der Waals surface area (Å²) in [7, 11) is 1.78.